The maximum absolute atomic E-state index is 10.6. The van der Waals surface area contributed by atoms with Gasteiger partial charge in [-0.1, -0.05) is 42.0 Å². The Kier molecular flexibility index (Phi) is 2.88. The number of aliphatic hydroxyl groups excluding tert-OH is 1. The van der Waals surface area contributed by atoms with Gasteiger partial charge in [0.25, 0.3) is 0 Å². The van der Waals surface area contributed by atoms with Crippen molar-refractivity contribution >= 4 is 11.0 Å². The molecule has 2 nitrogen and oxygen atoms in total. The first-order valence-electron chi connectivity index (χ1n) is 6.38. The van der Waals surface area contributed by atoms with Crippen LogP contribution in [0.5, 0.6) is 0 Å². The van der Waals surface area contributed by atoms with Crippen LogP contribution in [0.1, 0.15) is 28.4 Å². The Labute approximate surface area is 112 Å². The van der Waals surface area contributed by atoms with E-state index in [1.165, 1.54) is 5.56 Å². The summed E-state index contributed by atoms with van der Waals surface area (Å²) < 4.78 is 5.50. The Morgan fingerprint density at radius 3 is 2.58 bits per heavy atom. The lowest BCUT2D eigenvalue weighted by Gasteiger charge is -2.13. The van der Waals surface area contributed by atoms with Crippen molar-refractivity contribution in [2.45, 2.75) is 20.0 Å². The molecule has 96 valence electrons. The van der Waals surface area contributed by atoms with Crippen molar-refractivity contribution in [1.82, 2.24) is 0 Å². The van der Waals surface area contributed by atoms with Crippen LogP contribution in [-0.2, 0) is 0 Å². The molecule has 0 radical (unpaired) electrons. The number of para-hydroxylation sites is 1. The average molecular weight is 252 g/mol. The lowest BCUT2D eigenvalue weighted by Crippen LogP contribution is -2.01. The van der Waals surface area contributed by atoms with Gasteiger partial charge in [0.15, 0.2) is 0 Å². The SMILES string of the molecule is Cc1ccc(C(O)c2coc3ccccc23)c(C)c1. The summed E-state index contributed by atoms with van der Waals surface area (Å²) in [5.41, 5.74) is 4.85. The summed E-state index contributed by atoms with van der Waals surface area (Å²) in [6.45, 7) is 4.07. The molecule has 0 fully saturated rings. The van der Waals surface area contributed by atoms with Gasteiger partial charge < -0.3 is 9.52 Å². The Morgan fingerprint density at radius 1 is 1.00 bits per heavy atom. The van der Waals surface area contributed by atoms with E-state index in [1.54, 1.807) is 6.26 Å². The van der Waals surface area contributed by atoms with Gasteiger partial charge in [0.1, 0.15) is 11.7 Å². The van der Waals surface area contributed by atoms with Crippen molar-refractivity contribution in [1.29, 1.82) is 0 Å². The first kappa shape index (κ1) is 12.0. The van der Waals surface area contributed by atoms with Crippen LogP contribution in [0.3, 0.4) is 0 Å². The van der Waals surface area contributed by atoms with E-state index >= 15 is 0 Å². The molecule has 19 heavy (non-hydrogen) atoms. The lowest BCUT2D eigenvalue weighted by molar-refractivity contribution is 0.220. The topological polar surface area (TPSA) is 33.4 Å². The number of benzene rings is 2. The fourth-order valence-corrected chi connectivity index (χ4v) is 2.51. The summed E-state index contributed by atoms with van der Waals surface area (Å²) in [4.78, 5) is 0. The Hall–Kier alpha value is -2.06. The highest BCUT2D eigenvalue weighted by molar-refractivity contribution is 5.81. The van der Waals surface area contributed by atoms with Gasteiger partial charge in [0, 0.05) is 10.9 Å². The molecular formula is C17H16O2. The summed E-state index contributed by atoms with van der Waals surface area (Å²) >= 11 is 0. The normalized spacial score (nSPS) is 12.8. The highest BCUT2D eigenvalue weighted by atomic mass is 16.3. The van der Waals surface area contributed by atoms with Gasteiger partial charge >= 0.3 is 0 Å². The molecule has 0 saturated heterocycles. The number of hydrogen-bond acceptors (Lipinski definition) is 2. The van der Waals surface area contributed by atoms with Gasteiger partial charge in [-0.3, -0.25) is 0 Å². The van der Waals surface area contributed by atoms with Crippen LogP contribution in [0, 0.1) is 13.8 Å². The van der Waals surface area contributed by atoms with Crippen LogP contribution in [0.4, 0.5) is 0 Å². The van der Waals surface area contributed by atoms with Gasteiger partial charge in [-0.25, -0.2) is 0 Å². The summed E-state index contributed by atoms with van der Waals surface area (Å²) in [7, 11) is 0. The number of fused-ring (bicyclic) bond motifs is 1. The third-order valence-corrected chi connectivity index (χ3v) is 3.53. The number of aliphatic hydroxyl groups is 1. The summed E-state index contributed by atoms with van der Waals surface area (Å²) in [6, 6.07) is 13.9. The average Bonchev–Trinajstić information content (AvgIpc) is 2.82. The van der Waals surface area contributed by atoms with Crippen LogP contribution in [0.15, 0.2) is 53.1 Å². The van der Waals surface area contributed by atoms with Crippen LogP contribution >= 0.6 is 0 Å². The third-order valence-electron chi connectivity index (χ3n) is 3.53. The van der Waals surface area contributed by atoms with E-state index in [2.05, 4.69) is 13.0 Å². The van der Waals surface area contributed by atoms with Gasteiger partial charge in [-0.2, -0.15) is 0 Å². The predicted octanol–water partition coefficient (Wildman–Crippen LogP) is 4.13. The second-order valence-electron chi connectivity index (χ2n) is 4.95. The molecule has 0 aliphatic rings. The molecular weight excluding hydrogens is 236 g/mol. The quantitative estimate of drug-likeness (QED) is 0.744. The number of furan rings is 1. The van der Waals surface area contributed by atoms with Crippen molar-refractivity contribution < 1.29 is 9.52 Å². The summed E-state index contributed by atoms with van der Waals surface area (Å²) in [5.74, 6) is 0. The zero-order valence-corrected chi connectivity index (χ0v) is 11.1. The number of hydrogen-bond donors (Lipinski definition) is 1. The minimum Gasteiger partial charge on any atom is -0.464 e. The lowest BCUT2D eigenvalue weighted by atomic mass is 9.96. The Bertz CT molecular complexity index is 725. The second kappa shape index (κ2) is 4.56. The van der Waals surface area contributed by atoms with Gasteiger partial charge in [-0.15, -0.1) is 0 Å². The summed E-state index contributed by atoms with van der Waals surface area (Å²) in [6.07, 6.45) is 0.999. The fraction of sp³-hybridized carbons (Fsp3) is 0.176. The molecule has 3 aromatic rings. The zero-order chi connectivity index (χ0) is 13.4. The monoisotopic (exact) mass is 252 g/mol. The molecule has 1 atom stereocenters. The molecule has 0 saturated carbocycles. The van der Waals surface area contributed by atoms with E-state index < -0.39 is 6.10 Å². The molecule has 0 spiro atoms. The highest BCUT2D eigenvalue weighted by Gasteiger charge is 2.17. The number of rotatable bonds is 2. The molecule has 0 bridgehead atoms. The van der Waals surface area contributed by atoms with Gasteiger partial charge in [-0.05, 0) is 31.0 Å². The van der Waals surface area contributed by atoms with Crippen molar-refractivity contribution in [3.05, 3.63) is 71.0 Å². The van der Waals surface area contributed by atoms with Crippen LogP contribution < -0.4 is 0 Å². The van der Waals surface area contributed by atoms with Gasteiger partial charge in [0.2, 0.25) is 0 Å². The van der Waals surface area contributed by atoms with E-state index in [0.29, 0.717) is 0 Å². The first-order chi connectivity index (χ1) is 9.16. The Morgan fingerprint density at radius 2 is 1.79 bits per heavy atom. The predicted molar refractivity (Wildman–Crippen MR) is 76.2 cm³/mol. The molecule has 3 rings (SSSR count). The van der Waals surface area contributed by atoms with E-state index in [0.717, 1.165) is 27.7 Å². The smallest absolute Gasteiger partial charge is 0.134 e. The first-order valence-corrected chi connectivity index (χ1v) is 6.38. The largest absolute Gasteiger partial charge is 0.464 e. The van der Waals surface area contributed by atoms with E-state index in [-0.39, 0.29) is 0 Å². The van der Waals surface area contributed by atoms with E-state index in [1.807, 2.05) is 43.3 Å². The van der Waals surface area contributed by atoms with Crippen molar-refractivity contribution in [3.8, 4) is 0 Å². The van der Waals surface area contributed by atoms with Crippen molar-refractivity contribution in [2.24, 2.45) is 0 Å². The fourth-order valence-electron chi connectivity index (χ4n) is 2.51. The molecule has 2 aromatic carbocycles. The minimum atomic E-state index is -0.649. The molecule has 1 N–H and O–H groups in total. The maximum atomic E-state index is 10.6. The van der Waals surface area contributed by atoms with Crippen LogP contribution in [0.25, 0.3) is 11.0 Å². The van der Waals surface area contributed by atoms with Crippen molar-refractivity contribution in [2.75, 3.05) is 0 Å². The maximum Gasteiger partial charge on any atom is 0.134 e. The minimum absolute atomic E-state index is 0.649. The molecule has 0 aliphatic heterocycles. The molecule has 0 aliphatic carbocycles. The number of aryl methyl sites for hydroxylation is 2. The summed E-state index contributed by atoms with van der Waals surface area (Å²) in [5, 5.41) is 11.6. The zero-order valence-electron chi connectivity index (χ0n) is 11.1. The third kappa shape index (κ3) is 2.04. The molecule has 1 heterocycles. The molecule has 1 aromatic heterocycles. The second-order valence-corrected chi connectivity index (χ2v) is 4.95. The standard InChI is InChI=1S/C17H16O2/c1-11-7-8-13(12(2)9-11)17(18)15-10-19-16-6-4-3-5-14(15)16/h3-10,17-18H,1-2H3. The van der Waals surface area contributed by atoms with Crippen LogP contribution in [-0.4, -0.2) is 5.11 Å². The molecule has 1 unspecified atom stereocenters. The highest BCUT2D eigenvalue weighted by Crippen LogP contribution is 2.32. The van der Waals surface area contributed by atoms with Crippen molar-refractivity contribution in [3.63, 3.8) is 0 Å². The molecule has 2 heteroatoms. The van der Waals surface area contributed by atoms with Gasteiger partial charge in [0.05, 0.1) is 6.26 Å². The molecule has 0 amide bonds. The van der Waals surface area contributed by atoms with E-state index in [9.17, 15) is 5.11 Å². The van der Waals surface area contributed by atoms with E-state index in [4.69, 9.17) is 4.42 Å². The van der Waals surface area contributed by atoms with Crippen LogP contribution in [0.2, 0.25) is 0 Å². The Balaban J connectivity index is 2.10.